The number of hydrogen-bond acceptors (Lipinski definition) is 2. The second-order valence-electron chi connectivity index (χ2n) is 19.0. The van der Waals surface area contributed by atoms with E-state index in [1.54, 1.807) is 0 Å². The Balaban J connectivity index is 1.00. The normalized spacial score (nSPS) is 14.5. The fraction of sp³-hybridized carbons (Fsp3) is 0.172. The molecular weight excluding hydrogens is 727 g/mol. The van der Waals surface area contributed by atoms with Crippen molar-refractivity contribution in [3.8, 4) is 44.5 Å². The van der Waals surface area contributed by atoms with Crippen LogP contribution in [0.4, 0.5) is 17.1 Å². The molecule has 0 unspecified atom stereocenters. The second-order valence-corrected chi connectivity index (χ2v) is 19.0. The number of benzene rings is 8. The maximum atomic E-state index is 6.26. The van der Waals surface area contributed by atoms with Gasteiger partial charge in [0, 0.05) is 38.7 Å². The lowest BCUT2D eigenvalue weighted by Crippen LogP contribution is -2.17. The molecule has 8 aromatic carbocycles. The highest BCUT2D eigenvalue weighted by Crippen LogP contribution is 2.52. The van der Waals surface area contributed by atoms with Gasteiger partial charge in [0.15, 0.2) is 0 Å². The van der Waals surface area contributed by atoms with Gasteiger partial charge in [0.25, 0.3) is 0 Å². The highest BCUT2D eigenvalue weighted by atomic mass is 16.3. The number of nitrogens with zero attached hydrogens (tertiary/aromatic N) is 1. The molecule has 60 heavy (non-hydrogen) atoms. The maximum absolute atomic E-state index is 6.26. The number of para-hydroxylation sites is 1. The first-order valence-corrected chi connectivity index (χ1v) is 21.3. The van der Waals surface area contributed by atoms with Gasteiger partial charge in [0.05, 0.1) is 0 Å². The molecular formula is C58H49NO. The van der Waals surface area contributed by atoms with Crippen molar-refractivity contribution >= 4 is 39.0 Å². The molecule has 0 aliphatic heterocycles. The van der Waals surface area contributed by atoms with Crippen molar-refractivity contribution < 1.29 is 4.42 Å². The maximum Gasteiger partial charge on any atom is 0.136 e. The molecule has 0 bridgehead atoms. The molecule has 0 N–H and O–H groups in total. The Bertz CT molecular complexity index is 3170. The SMILES string of the molecule is CC(C)(C)c1ccc2c(c1)C(C)(C)c1ccc(-c3ccc(N(c4ccc(-c5cccc6oc7ccccc7c56)cc4)c4ccc5c(c4)C(C)(C)c4ccccc4-5)cc3)cc1-2. The highest BCUT2D eigenvalue weighted by molar-refractivity contribution is 6.12. The van der Waals surface area contributed by atoms with Crippen LogP contribution in [0.1, 0.15) is 76.3 Å². The molecule has 9 aromatic rings. The molecule has 0 atom stereocenters. The zero-order chi connectivity index (χ0) is 41.1. The Morgan fingerprint density at radius 2 is 0.950 bits per heavy atom. The second kappa shape index (κ2) is 12.9. The van der Waals surface area contributed by atoms with Crippen molar-refractivity contribution in [3.05, 3.63) is 198 Å². The minimum absolute atomic E-state index is 0.0466. The van der Waals surface area contributed by atoms with Gasteiger partial charge in [-0.25, -0.2) is 0 Å². The van der Waals surface area contributed by atoms with E-state index in [2.05, 4.69) is 211 Å². The highest BCUT2D eigenvalue weighted by Gasteiger charge is 2.37. The van der Waals surface area contributed by atoms with Crippen LogP contribution in [0.5, 0.6) is 0 Å². The minimum Gasteiger partial charge on any atom is -0.456 e. The fourth-order valence-electron chi connectivity index (χ4n) is 10.3. The van der Waals surface area contributed by atoms with E-state index in [1.165, 1.54) is 66.8 Å². The Kier molecular flexibility index (Phi) is 7.85. The first kappa shape index (κ1) is 36.4. The smallest absolute Gasteiger partial charge is 0.136 e. The lowest BCUT2D eigenvalue weighted by Gasteiger charge is -2.28. The summed E-state index contributed by atoms with van der Waals surface area (Å²) in [5.74, 6) is 0. The fourth-order valence-corrected chi connectivity index (χ4v) is 10.3. The number of furan rings is 1. The van der Waals surface area contributed by atoms with Gasteiger partial charge in [-0.1, -0.05) is 164 Å². The molecule has 11 rings (SSSR count). The van der Waals surface area contributed by atoms with Gasteiger partial charge in [0.2, 0.25) is 0 Å². The molecule has 2 nitrogen and oxygen atoms in total. The van der Waals surface area contributed by atoms with Crippen molar-refractivity contribution in [1.29, 1.82) is 0 Å². The summed E-state index contributed by atoms with van der Waals surface area (Å²) in [6, 6.07) is 63.0. The summed E-state index contributed by atoms with van der Waals surface area (Å²) >= 11 is 0. The van der Waals surface area contributed by atoms with Gasteiger partial charge in [-0.15, -0.1) is 0 Å². The van der Waals surface area contributed by atoms with Crippen molar-refractivity contribution in [3.63, 3.8) is 0 Å². The Morgan fingerprint density at radius 1 is 0.400 bits per heavy atom. The summed E-state index contributed by atoms with van der Waals surface area (Å²) in [7, 11) is 0. The van der Waals surface area contributed by atoms with Crippen molar-refractivity contribution in [2.75, 3.05) is 4.90 Å². The number of rotatable bonds is 5. The van der Waals surface area contributed by atoms with Crippen LogP contribution in [-0.2, 0) is 16.2 Å². The van der Waals surface area contributed by atoms with Crippen LogP contribution < -0.4 is 4.90 Å². The monoisotopic (exact) mass is 775 g/mol. The van der Waals surface area contributed by atoms with Gasteiger partial charge < -0.3 is 9.32 Å². The predicted molar refractivity (Wildman–Crippen MR) is 253 cm³/mol. The number of hydrogen-bond donors (Lipinski definition) is 0. The van der Waals surface area contributed by atoms with Gasteiger partial charge in [0.1, 0.15) is 11.2 Å². The van der Waals surface area contributed by atoms with E-state index >= 15 is 0 Å². The van der Waals surface area contributed by atoms with Crippen molar-refractivity contribution in [2.45, 2.75) is 64.7 Å². The molecule has 2 aliphatic rings. The number of anilines is 3. The van der Waals surface area contributed by atoms with Gasteiger partial charge in [-0.3, -0.25) is 0 Å². The van der Waals surface area contributed by atoms with E-state index in [1.807, 2.05) is 12.1 Å². The standard InChI is InChI=1S/C58H49NO/c1-56(2,3)39-24-30-46-48-33-38(23-32-50(48)58(6,7)51(46)34-39)36-19-25-40(26-20-36)59(42-29-31-45-44-13-8-10-16-49(44)57(4,5)52(45)35-42)41-27-21-37(22-28-41)43-15-12-18-54-55(43)47-14-9-11-17-53(47)60-54/h8-35H,1-7H3. The summed E-state index contributed by atoms with van der Waals surface area (Å²) < 4.78 is 6.26. The lowest BCUT2D eigenvalue weighted by molar-refractivity contribution is 0.584. The van der Waals surface area contributed by atoms with Crippen molar-refractivity contribution in [2.24, 2.45) is 0 Å². The molecule has 0 amide bonds. The first-order chi connectivity index (χ1) is 28.9. The van der Waals surface area contributed by atoms with Crippen LogP contribution in [0, 0.1) is 0 Å². The van der Waals surface area contributed by atoms with Crippen LogP contribution in [0.25, 0.3) is 66.4 Å². The first-order valence-electron chi connectivity index (χ1n) is 21.3. The lowest BCUT2D eigenvalue weighted by atomic mass is 9.79. The van der Waals surface area contributed by atoms with Crippen LogP contribution in [0.15, 0.2) is 174 Å². The Hall–Kier alpha value is -6.64. The topological polar surface area (TPSA) is 16.4 Å². The van der Waals surface area contributed by atoms with Gasteiger partial charge >= 0.3 is 0 Å². The molecule has 0 saturated carbocycles. The van der Waals surface area contributed by atoms with Crippen LogP contribution >= 0.6 is 0 Å². The molecule has 0 fully saturated rings. The van der Waals surface area contributed by atoms with Crippen molar-refractivity contribution in [1.82, 2.24) is 0 Å². The van der Waals surface area contributed by atoms with Gasteiger partial charge in [-0.05, 0) is 132 Å². The third-order valence-electron chi connectivity index (χ3n) is 13.7. The van der Waals surface area contributed by atoms with E-state index in [0.29, 0.717) is 0 Å². The summed E-state index contributed by atoms with van der Waals surface area (Å²) in [5.41, 5.74) is 22.2. The Labute approximate surface area is 353 Å². The average molecular weight is 776 g/mol. The summed E-state index contributed by atoms with van der Waals surface area (Å²) in [6.45, 7) is 16.4. The van der Waals surface area contributed by atoms with E-state index in [4.69, 9.17) is 4.42 Å². The minimum atomic E-state index is -0.109. The van der Waals surface area contributed by atoms with E-state index in [0.717, 1.165) is 44.6 Å². The predicted octanol–water partition coefficient (Wildman–Crippen LogP) is 16.3. The third kappa shape index (κ3) is 5.47. The summed E-state index contributed by atoms with van der Waals surface area (Å²) in [6.07, 6.45) is 0. The summed E-state index contributed by atoms with van der Waals surface area (Å²) in [5, 5.41) is 2.29. The van der Waals surface area contributed by atoms with Gasteiger partial charge in [-0.2, -0.15) is 0 Å². The molecule has 0 radical (unpaired) electrons. The molecule has 0 saturated heterocycles. The third-order valence-corrected chi connectivity index (χ3v) is 13.7. The average Bonchev–Trinajstić information content (AvgIpc) is 3.83. The molecule has 2 aliphatic carbocycles. The van der Waals surface area contributed by atoms with Crippen LogP contribution in [0.3, 0.4) is 0 Å². The number of fused-ring (bicyclic) bond motifs is 9. The zero-order valence-electron chi connectivity index (χ0n) is 35.5. The zero-order valence-corrected chi connectivity index (χ0v) is 35.5. The molecule has 1 aromatic heterocycles. The molecule has 1 heterocycles. The van der Waals surface area contributed by atoms with E-state index < -0.39 is 0 Å². The van der Waals surface area contributed by atoms with Crippen LogP contribution in [-0.4, -0.2) is 0 Å². The van der Waals surface area contributed by atoms with E-state index in [-0.39, 0.29) is 16.2 Å². The van der Waals surface area contributed by atoms with Crippen LogP contribution in [0.2, 0.25) is 0 Å². The molecule has 2 heteroatoms. The summed E-state index contributed by atoms with van der Waals surface area (Å²) in [4.78, 5) is 2.41. The Morgan fingerprint density at radius 3 is 1.70 bits per heavy atom. The quantitative estimate of drug-likeness (QED) is 0.173. The molecule has 292 valence electrons. The van der Waals surface area contributed by atoms with E-state index in [9.17, 15) is 0 Å². The molecule has 0 spiro atoms. The largest absolute Gasteiger partial charge is 0.456 e.